The molecule has 0 saturated carbocycles. The lowest BCUT2D eigenvalue weighted by molar-refractivity contribution is 0.00796. The summed E-state index contributed by atoms with van der Waals surface area (Å²) in [4.78, 5) is 4.99. The zero-order valence-corrected chi connectivity index (χ0v) is 17.4. The smallest absolute Gasteiger partial charge is 0.123 e. The van der Waals surface area contributed by atoms with Gasteiger partial charge in [0.1, 0.15) is 5.66 Å². The maximum absolute atomic E-state index is 2.55. The molecular weight excluding hydrogens is 352 g/mol. The van der Waals surface area contributed by atoms with Gasteiger partial charge in [0.05, 0.1) is 0 Å². The van der Waals surface area contributed by atoms with E-state index in [0.717, 1.165) is 19.4 Å². The van der Waals surface area contributed by atoms with Gasteiger partial charge in [0.2, 0.25) is 0 Å². The van der Waals surface area contributed by atoms with E-state index in [1.165, 1.54) is 16.7 Å². The predicted octanol–water partition coefficient (Wildman–Crippen LogP) is 6.04. The van der Waals surface area contributed by atoms with Crippen molar-refractivity contribution >= 4 is 0 Å². The Labute approximate surface area is 175 Å². The second kappa shape index (κ2) is 8.57. The molecule has 1 aliphatic rings. The summed E-state index contributed by atoms with van der Waals surface area (Å²) in [7, 11) is 2.23. The third-order valence-electron chi connectivity index (χ3n) is 6.25. The lowest BCUT2D eigenvalue weighted by Gasteiger charge is -2.50. The van der Waals surface area contributed by atoms with Crippen LogP contribution in [0.15, 0.2) is 103 Å². The summed E-state index contributed by atoms with van der Waals surface area (Å²) < 4.78 is 0. The van der Waals surface area contributed by atoms with Crippen LogP contribution in [-0.2, 0) is 13.0 Å². The highest BCUT2D eigenvalue weighted by atomic mass is 15.4. The first-order valence-corrected chi connectivity index (χ1v) is 10.5. The number of nitrogens with zero attached hydrogens (tertiary/aromatic N) is 2. The van der Waals surface area contributed by atoms with Crippen LogP contribution in [-0.4, -0.2) is 22.5 Å². The zero-order valence-electron chi connectivity index (χ0n) is 17.4. The van der Waals surface area contributed by atoms with E-state index in [4.69, 9.17) is 0 Å². The van der Waals surface area contributed by atoms with Gasteiger partial charge in [-0.25, -0.2) is 0 Å². The number of rotatable bonds is 7. The number of hydrogen-bond donors (Lipinski definition) is 0. The Kier molecular flexibility index (Phi) is 5.71. The van der Waals surface area contributed by atoms with Crippen LogP contribution < -0.4 is 0 Å². The molecule has 29 heavy (non-hydrogen) atoms. The van der Waals surface area contributed by atoms with Crippen molar-refractivity contribution in [3.05, 3.63) is 120 Å². The maximum Gasteiger partial charge on any atom is 0.123 e. The molecule has 148 valence electrons. The first-order valence-electron chi connectivity index (χ1n) is 10.5. The van der Waals surface area contributed by atoms with E-state index < -0.39 is 0 Å². The summed E-state index contributed by atoms with van der Waals surface area (Å²) >= 11 is 0. The fourth-order valence-electron chi connectivity index (χ4n) is 4.82. The fraction of sp³-hybridized carbons (Fsp3) is 0.259. The van der Waals surface area contributed by atoms with Crippen LogP contribution in [0.25, 0.3) is 0 Å². The molecule has 0 radical (unpaired) electrons. The standard InChI is InChI=1S/C27H30N2/c1-3-26(25-17-11-6-12-18-25)27(21-23-13-7-4-8-14-23)28(2)19-20-29(27)22-24-15-9-5-10-16-24/h4-20,26H,3,21-22H2,1-2H3. The minimum Gasteiger partial charge on any atom is -0.356 e. The van der Waals surface area contributed by atoms with Crippen molar-refractivity contribution in [2.24, 2.45) is 0 Å². The molecule has 2 nitrogen and oxygen atoms in total. The first-order chi connectivity index (χ1) is 14.2. The van der Waals surface area contributed by atoms with Crippen molar-refractivity contribution < 1.29 is 0 Å². The SMILES string of the molecule is CCC(c1ccccc1)C1(Cc2ccccc2)N(C)C=CN1Cc1ccccc1. The van der Waals surface area contributed by atoms with Crippen molar-refractivity contribution in [2.75, 3.05) is 7.05 Å². The lowest BCUT2D eigenvalue weighted by atomic mass is 9.78. The summed E-state index contributed by atoms with van der Waals surface area (Å²) in [6.07, 6.45) is 6.57. The monoisotopic (exact) mass is 382 g/mol. The van der Waals surface area contributed by atoms with E-state index in [2.05, 4.69) is 127 Å². The normalized spacial score (nSPS) is 19.5. The molecule has 0 aromatic heterocycles. The molecule has 2 atom stereocenters. The highest BCUT2D eigenvalue weighted by molar-refractivity contribution is 5.31. The molecule has 0 amide bonds. The number of hydrogen-bond acceptors (Lipinski definition) is 2. The van der Waals surface area contributed by atoms with Gasteiger partial charge >= 0.3 is 0 Å². The highest BCUT2D eigenvalue weighted by Gasteiger charge is 2.48. The van der Waals surface area contributed by atoms with Gasteiger partial charge in [-0.1, -0.05) is 97.9 Å². The zero-order chi connectivity index (χ0) is 20.1. The van der Waals surface area contributed by atoms with Gasteiger partial charge in [-0.2, -0.15) is 0 Å². The minimum absolute atomic E-state index is 0.146. The van der Waals surface area contributed by atoms with Gasteiger partial charge < -0.3 is 9.80 Å². The average Bonchev–Trinajstić information content (AvgIpc) is 3.07. The summed E-state index contributed by atoms with van der Waals surface area (Å²) in [6, 6.07) is 32.7. The Bertz CT molecular complexity index is 921. The quantitative estimate of drug-likeness (QED) is 0.492. The third-order valence-corrected chi connectivity index (χ3v) is 6.25. The van der Waals surface area contributed by atoms with Gasteiger partial charge in [0.15, 0.2) is 0 Å². The van der Waals surface area contributed by atoms with Crippen molar-refractivity contribution in [1.82, 2.24) is 9.80 Å². The predicted molar refractivity (Wildman–Crippen MR) is 121 cm³/mol. The van der Waals surface area contributed by atoms with Gasteiger partial charge in [-0.3, -0.25) is 0 Å². The Hall–Kier alpha value is -3.00. The van der Waals surface area contributed by atoms with Crippen LogP contribution >= 0.6 is 0 Å². The van der Waals surface area contributed by atoms with E-state index in [1.807, 2.05) is 0 Å². The van der Waals surface area contributed by atoms with E-state index in [1.54, 1.807) is 0 Å². The Morgan fingerprint density at radius 3 is 1.86 bits per heavy atom. The second-order valence-electron chi connectivity index (χ2n) is 7.93. The highest BCUT2D eigenvalue weighted by Crippen LogP contribution is 2.44. The summed E-state index contributed by atoms with van der Waals surface area (Å²) in [5.41, 5.74) is 3.97. The molecule has 0 N–H and O–H groups in total. The topological polar surface area (TPSA) is 6.48 Å². The molecule has 1 heterocycles. The van der Waals surface area contributed by atoms with Crippen LogP contribution in [0.2, 0.25) is 0 Å². The van der Waals surface area contributed by atoms with Gasteiger partial charge in [0.25, 0.3) is 0 Å². The van der Waals surface area contributed by atoms with Crippen molar-refractivity contribution in [3.8, 4) is 0 Å². The Balaban J connectivity index is 1.79. The average molecular weight is 383 g/mol. The largest absolute Gasteiger partial charge is 0.356 e. The molecule has 3 aromatic rings. The minimum atomic E-state index is -0.146. The first kappa shape index (κ1) is 19.3. The summed E-state index contributed by atoms with van der Waals surface area (Å²) in [6.45, 7) is 3.22. The van der Waals surface area contributed by atoms with Crippen molar-refractivity contribution in [2.45, 2.75) is 37.9 Å². The van der Waals surface area contributed by atoms with Crippen LogP contribution in [0, 0.1) is 0 Å². The van der Waals surface area contributed by atoms with E-state index >= 15 is 0 Å². The molecule has 4 rings (SSSR count). The van der Waals surface area contributed by atoms with Crippen molar-refractivity contribution in [3.63, 3.8) is 0 Å². The molecule has 0 fully saturated rings. The van der Waals surface area contributed by atoms with Gasteiger partial charge in [0, 0.05) is 38.3 Å². The Morgan fingerprint density at radius 2 is 1.28 bits per heavy atom. The van der Waals surface area contributed by atoms with E-state index in [9.17, 15) is 0 Å². The molecule has 2 heteroatoms. The summed E-state index contributed by atoms with van der Waals surface area (Å²) in [5, 5.41) is 0. The molecule has 0 bridgehead atoms. The number of likely N-dealkylation sites (N-methyl/N-ethyl adjacent to an activating group) is 1. The fourth-order valence-corrected chi connectivity index (χ4v) is 4.82. The summed E-state index contributed by atoms with van der Waals surface area (Å²) in [5.74, 6) is 0.382. The van der Waals surface area contributed by atoms with Gasteiger partial charge in [-0.15, -0.1) is 0 Å². The molecule has 1 aliphatic heterocycles. The van der Waals surface area contributed by atoms with E-state index in [-0.39, 0.29) is 5.66 Å². The molecule has 2 unspecified atom stereocenters. The van der Waals surface area contributed by atoms with Crippen LogP contribution in [0.1, 0.15) is 36.0 Å². The van der Waals surface area contributed by atoms with Crippen LogP contribution in [0.4, 0.5) is 0 Å². The van der Waals surface area contributed by atoms with Crippen LogP contribution in [0.3, 0.4) is 0 Å². The third kappa shape index (κ3) is 3.80. The second-order valence-corrected chi connectivity index (χ2v) is 7.93. The van der Waals surface area contributed by atoms with Crippen LogP contribution in [0.5, 0.6) is 0 Å². The maximum atomic E-state index is 2.55. The molecule has 0 saturated heterocycles. The Morgan fingerprint density at radius 1 is 0.724 bits per heavy atom. The molecule has 0 spiro atoms. The molecule has 0 aliphatic carbocycles. The molecule has 3 aromatic carbocycles. The number of benzene rings is 3. The molecular formula is C27H30N2. The lowest BCUT2D eigenvalue weighted by Crippen LogP contribution is -2.57. The van der Waals surface area contributed by atoms with Gasteiger partial charge in [-0.05, 0) is 23.1 Å². The van der Waals surface area contributed by atoms with Crippen molar-refractivity contribution in [1.29, 1.82) is 0 Å². The van der Waals surface area contributed by atoms with E-state index in [0.29, 0.717) is 5.92 Å².